The van der Waals surface area contributed by atoms with Crippen LogP contribution in [0.15, 0.2) is 65.0 Å². The maximum atomic E-state index is 12.8. The maximum absolute atomic E-state index is 12.8. The number of fused-ring (bicyclic) bond motifs is 3. The average Bonchev–Trinajstić information content (AvgIpc) is 3.12. The Labute approximate surface area is 145 Å². The van der Waals surface area contributed by atoms with Crippen molar-refractivity contribution in [3.05, 3.63) is 70.5 Å². The van der Waals surface area contributed by atoms with Crippen molar-refractivity contribution in [3.63, 3.8) is 0 Å². The molecule has 0 spiro atoms. The second kappa shape index (κ2) is 5.39. The standard InChI is InChI=1S/C19H11N3O2S/c23-17-12-3-1-2-4-14(12)22-15-6-5-11(9-13(15)17)24-19-18-16(7-8-25-18)20-10-21-19/h1-10H,(H,22,23). The van der Waals surface area contributed by atoms with Crippen molar-refractivity contribution in [2.45, 2.75) is 0 Å². The topological polar surface area (TPSA) is 67.9 Å². The Kier molecular flexibility index (Phi) is 3.05. The molecule has 0 aliphatic rings. The summed E-state index contributed by atoms with van der Waals surface area (Å²) < 4.78 is 6.82. The second-order valence-corrected chi connectivity index (χ2v) is 6.54. The maximum Gasteiger partial charge on any atom is 0.240 e. The first kappa shape index (κ1) is 14.1. The van der Waals surface area contributed by atoms with Gasteiger partial charge in [-0.3, -0.25) is 4.79 Å². The van der Waals surface area contributed by atoms with E-state index < -0.39 is 0 Å². The summed E-state index contributed by atoms with van der Waals surface area (Å²) in [5.74, 6) is 1.07. The van der Waals surface area contributed by atoms with Gasteiger partial charge in [0, 0.05) is 16.3 Å². The molecule has 0 saturated carbocycles. The van der Waals surface area contributed by atoms with E-state index in [1.165, 1.54) is 17.7 Å². The van der Waals surface area contributed by atoms with E-state index in [0.29, 0.717) is 22.4 Å². The summed E-state index contributed by atoms with van der Waals surface area (Å²) in [5.41, 5.74) is 2.43. The van der Waals surface area contributed by atoms with E-state index in [4.69, 9.17) is 4.74 Å². The number of nitrogens with zero attached hydrogens (tertiary/aromatic N) is 2. The number of hydrogen-bond acceptors (Lipinski definition) is 5. The van der Waals surface area contributed by atoms with Crippen molar-refractivity contribution in [2.75, 3.05) is 0 Å². The minimum Gasteiger partial charge on any atom is -0.437 e. The van der Waals surface area contributed by atoms with Crippen LogP contribution in [-0.4, -0.2) is 15.0 Å². The van der Waals surface area contributed by atoms with Crippen molar-refractivity contribution in [1.82, 2.24) is 15.0 Å². The van der Waals surface area contributed by atoms with Gasteiger partial charge < -0.3 is 9.72 Å². The van der Waals surface area contributed by atoms with E-state index in [2.05, 4.69) is 15.0 Å². The molecular formula is C19H11N3O2S. The minimum atomic E-state index is -0.0150. The molecule has 0 aliphatic carbocycles. The average molecular weight is 345 g/mol. The van der Waals surface area contributed by atoms with E-state index in [0.717, 1.165) is 21.3 Å². The zero-order chi connectivity index (χ0) is 16.8. The number of ether oxygens (including phenoxy) is 1. The number of aromatic nitrogens is 3. The monoisotopic (exact) mass is 345 g/mol. The number of pyridine rings is 1. The molecule has 6 heteroatoms. The van der Waals surface area contributed by atoms with Gasteiger partial charge in [0.2, 0.25) is 5.88 Å². The molecule has 0 fully saturated rings. The summed E-state index contributed by atoms with van der Waals surface area (Å²) in [7, 11) is 0. The lowest BCUT2D eigenvalue weighted by Crippen LogP contribution is -2.04. The molecule has 0 bridgehead atoms. The van der Waals surface area contributed by atoms with Crippen molar-refractivity contribution >= 4 is 43.4 Å². The fourth-order valence-electron chi connectivity index (χ4n) is 2.91. The van der Waals surface area contributed by atoms with Crippen LogP contribution in [0.25, 0.3) is 32.0 Å². The van der Waals surface area contributed by atoms with Gasteiger partial charge in [0.05, 0.1) is 11.0 Å². The van der Waals surface area contributed by atoms with Gasteiger partial charge in [0.15, 0.2) is 5.43 Å². The van der Waals surface area contributed by atoms with E-state index in [-0.39, 0.29) is 5.43 Å². The zero-order valence-electron chi connectivity index (χ0n) is 12.9. The van der Waals surface area contributed by atoms with Crippen molar-refractivity contribution < 1.29 is 4.74 Å². The number of rotatable bonds is 2. The van der Waals surface area contributed by atoms with Gasteiger partial charge in [-0.15, -0.1) is 11.3 Å². The normalized spacial score (nSPS) is 11.4. The molecule has 0 radical (unpaired) electrons. The van der Waals surface area contributed by atoms with Gasteiger partial charge in [-0.2, -0.15) is 0 Å². The third kappa shape index (κ3) is 2.27. The number of aromatic amines is 1. The Hall–Kier alpha value is -3.25. The van der Waals surface area contributed by atoms with Crippen molar-refractivity contribution in [1.29, 1.82) is 0 Å². The van der Waals surface area contributed by atoms with Crippen LogP contribution in [0.5, 0.6) is 11.6 Å². The molecule has 3 heterocycles. The highest BCUT2D eigenvalue weighted by atomic mass is 32.1. The lowest BCUT2D eigenvalue weighted by molar-refractivity contribution is 0.470. The fourth-order valence-corrected chi connectivity index (χ4v) is 3.68. The largest absolute Gasteiger partial charge is 0.437 e. The summed E-state index contributed by atoms with van der Waals surface area (Å²) in [6.45, 7) is 0. The molecule has 5 aromatic rings. The Morgan fingerprint density at radius 2 is 1.84 bits per heavy atom. The van der Waals surface area contributed by atoms with Gasteiger partial charge in [0.25, 0.3) is 0 Å². The number of thiophene rings is 1. The van der Waals surface area contributed by atoms with E-state index >= 15 is 0 Å². The summed E-state index contributed by atoms with van der Waals surface area (Å²) in [4.78, 5) is 24.5. The predicted molar refractivity (Wildman–Crippen MR) is 99.6 cm³/mol. The summed E-state index contributed by atoms with van der Waals surface area (Å²) in [6.07, 6.45) is 1.48. The van der Waals surface area contributed by atoms with Crippen molar-refractivity contribution in [3.8, 4) is 11.6 Å². The predicted octanol–water partition coefficient (Wildman–Crippen LogP) is 4.48. The molecule has 25 heavy (non-hydrogen) atoms. The van der Waals surface area contributed by atoms with Crippen LogP contribution >= 0.6 is 11.3 Å². The van der Waals surface area contributed by atoms with Gasteiger partial charge in [-0.05, 0) is 41.8 Å². The Morgan fingerprint density at radius 1 is 0.960 bits per heavy atom. The van der Waals surface area contributed by atoms with Crippen molar-refractivity contribution in [2.24, 2.45) is 0 Å². The molecular weight excluding hydrogens is 334 g/mol. The van der Waals surface area contributed by atoms with Gasteiger partial charge in [0.1, 0.15) is 16.8 Å². The molecule has 0 aliphatic heterocycles. The van der Waals surface area contributed by atoms with E-state index in [1.807, 2.05) is 47.8 Å². The number of nitrogens with one attached hydrogen (secondary N) is 1. The highest BCUT2D eigenvalue weighted by Crippen LogP contribution is 2.31. The van der Waals surface area contributed by atoms with Gasteiger partial charge in [-0.25, -0.2) is 9.97 Å². The first-order valence-corrected chi connectivity index (χ1v) is 8.58. The zero-order valence-corrected chi connectivity index (χ0v) is 13.7. The van der Waals surface area contributed by atoms with Crippen LogP contribution in [0.1, 0.15) is 0 Å². The molecule has 5 rings (SSSR count). The highest BCUT2D eigenvalue weighted by molar-refractivity contribution is 7.17. The number of para-hydroxylation sites is 1. The molecule has 1 N–H and O–H groups in total. The van der Waals surface area contributed by atoms with Crippen LogP contribution in [0.4, 0.5) is 0 Å². The number of H-pyrrole nitrogens is 1. The lowest BCUT2D eigenvalue weighted by Gasteiger charge is -2.07. The van der Waals surface area contributed by atoms with Crippen LogP contribution in [0.3, 0.4) is 0 Å². The van der Waals surface area contributed by atoms with Gasteiger partial charge >= 0.3 is 0 Å². The molecule has 3 aromatic heterocycles. The molecule has 5 nitrogen and oxygen atoms in total. The molecule has 0 amide bonds. The highest BCUT2D eigenvalue weighted by Gasteiger charge is 2.10. The number of benzene rings is 2. The Morgan fingerprint density at radius 3 is 2.80 bits per heavy atom. The summed E-state index contributed by atoms with van der Waals surface area (Å²) in [5, 5.41) is 3.20. The quantitative estimate of drug-likeness (QED) is 0.479. The third-order valence-electron chi connectivity index (χ3n) is 4.10. The first-order chi connectivity index (χ1) is 12.3. The van der Waals surface area contributed by atoms with Crippen LogP contribution < -0.4 is 10.2 Å². The third-order valence-corrected chi connectivity index (χ3v) is 4.99. The summed E-state index contributed by atoms with van der Waals surface area (Å²) in [6, 6.07) is 14.8. The number of hydrogen-bond donors (Lipinski definition) is 1. The summed E-state index contributed by atoms with van der Waals surface area (Å²) >= 11 is 1.52. The molecule has 0 saturated heterocycles. The van der Waals surface area contributed by atoms with Gasteiger partial charge in [-0.1, -0.05) is 12.1 Å². The SMILES string of the molecule is O=c1c2ccccc2[nH]c2ccc(Oc3ncnc4ccsc34)cc12. The smallest absolute Gasteiger partial charge is 0.240 e. The molecule has 2 aromatic carbocycles. The van der Waals surface area contributed by atoms with Crippen LogP contribution in [0, 0.1) is 0 Å². The van der Waals surface area contributed by atoms with Crippen LogP contribution in [0.2, 0.25) is 0 Å². The second-order valence-electron chi connectivity index (χ2n) is 5.62. The Bertz CT molecular complexity index is 1310. The van der Waals surface area contributed by atoms with Crippen LogP contribution in [-0.2, 0) is 0 Å². The molecule has 0 atom stereocenters. The minimum absolute atomic E-state index is 0.0150. The first-order valence-electron chi connectivity index (χ1n) is 7.70. The molecule has 120 valence electrons. The molecule has 0 unspecified atom stereocenters. The van der Waals surface area contributed by atoms with E-state index in [9.17, 15) is 4.79 Å². The fraction of sp³-hybridized carbons (Fsp3) is 0. The lowest BCUT2D eigenvalue weighted by atomic mass is 10.1. The Balaban J connectivity index is 1.67. The van der Waals surface area contributed by atoms with E-state index in [1.54, 1.807) is 6.07 Å².